The molecule has 0 radical (unpaired) electrons. The van der Waals surface area contributed by atoms with Gasteiger partial charge in [-0.05, 0) is 30.9 Å². The topological polar surface area (TPSA) is 69.7 Å². The summed E-state index contributed by atoms with van der Waals surface area (Å²) in [6.45, 7) is 6.76. The molecule has 2 aromatic rings. The van der Waals surface area contributed by atoms with Crippen LogP contribution in [0, 0.1) is 6.92 Å². The van der Waals surface area contributed by atoms with Gasteiger partial charge in [0.2, 0.25) is 5.91 Å². The summed E-state index contributed by atoms with van der Waals surface area (Å²) < 4.78 is 0. The smallest absolute Gasteiger partial charge is 0.325 e. The Balaban J connectivity index is 1.79. The highest BCUT2D eigenvalue weighted by Crippen LogP contribution is 2.33. The maximum absolute atomic E-state index is 13.4. The molecule has 1 aliphatic rings. The summed E-state index contributed by atoms with van der Waals surface area (Å²) in [7, 11) is 0. The van der Waals surface area contributed by atoms with Crippen molar-refractivity contribution < 1.29 is 14.4 Å². The van der Waals surface area contributed by atoms with Crippen LogP contribution >= 0.6 is 0 Å². The van der Waals surface area contributed by atoms with Gasteiger partial charge >= 0.3 is 6.03 Å². The number of carbonyl (C=O) groups is 3. The van der Waals surface area contributed by atoms with Crippen LogP contribution in [0.4, 0.5) is 4.79 Å². The highest BCUT2D eigenvalue weighted by Gasteiger charge is 2.52. The average molecular weight is 422 g/mol. The minimum absolute atomic E-state index is 0.230. The average Bonchev–Trinajstić information content (AvgIpc) is 3.01. The van der Waals surface area contributed by atoms with Gasteiger partial charge in [-0.1, -0.05) is 80.4 Å². The number of nitrogens with zero attached hydrogens (tertiary/aromatic N) is 2. The lowest BCUT2D eigenvalue weighted by molar-refractivity contribution is -0.139. The molecule has 1 heterocycles. The third kappa shape index (κ3) is 4.79. The minimum atomic E-state index is -1.11. The Bertz CT molecular complexity index is 927. The van der Waals surface area contributed by atoms with Crippen molar-refractivity contribution in [3.63, 3.8) is 0 Å². The number of benzene rings is 2. The first-order valence-corrected chi connectivity index (χ1v) is 10.9. The predicted octanol–water partition coefficient (Wildman–Crippen LogP) is 3.98. The fourth-order valence-electron chi connectivity index (χ4n) is 4.09. The van der Waals surface area contributed by atoms with Crippen molar-refractivity contribution in [1.29, 1.82) is 0 Å². The second kappa shape index (κ2) is 9.77. The van der Waals surface area contributed by atoms with Crippen LogP contribution in [-0.2, 0) is 21.7 Å². The van der Waals surface area contributed by atoms with Crippen LogP contribution in [-0.4, -0.2) is 40.7 Å². The third-order valence-corrected chi connectivity index (χ3v) is 5.70. The Morgan fingerprint density at radius 3 is 2.29 bits per heavy atom. The Morgan fingerprint density at radius 2 is 1.68 bits per heavy atom. The molecule has 6 heteroatoms. The van der Waals surface area contributed by atoms with Crippen LogP contribution in [0.3, 0.4) is 0 Å². The van der Waals surface area contributed by atoms with Crippen LogP contribution in [0.2, 0.25) is 0 Å². The number of carbonyl (C=O) groups excluding carboxylic acids is 3. The zero-order valence-electron chi connectivity index (χ0n) is 18.6. The van der Waals surface area contributed by atoms with E-state index in [1.807, 2.05) is 75.4 Å². The maximum Gasteiger partial charge on any atom is 0.325 e. The van der Waals surface area contributed by atoms with Gasteiger partial charge in [0.05, 0.1) is 0 Å². The third-order valence-electron chi connectivity index (χ3n) is 5.70. The second-order valence-corrected chi connectivity index (χ2v) is 8.14. The number of imide groups is 1. The van der Waals surface area contributed by atoms with E-state index in [9.17, 15) is 14.4 Å². The molecule has 6 nitrogen and oxygen atoms in total. The molecule has 1 atom stereocenters. The summed E-state index contributed by atoms with van der Waals surface area (Å²) in [6.07, 6.45) is 1.99. The standard InChI is InChI=1S/C25H31N3O3/c1-4-15-25(21-9-7-6-8-10-21)23(30)28(24(31)26-25)18-22(29)27(16-5-2)17-20-13-11-19(3)12-14-20/h6-14H,4-5,15-18H2,1-3H3,(H,26,31)/t25-/m0/s1. The van der Waals surface area contributed by atoms with E-state index in [1.165, 1.54) is 0 Å². The van der Waals surface area contributed by atoms with E-state index in [4.69, 9.17) is 0 Å². The molecular formula is C25H31N3O3. The van der Waals surface area contributed by atoms with E-state index in [0.717, 1.165) is 34.4 Å². The molecule has 0 spiro atoms. The highest BCUT2D eigenvalue weighted by molar-refractivity contribution is 6.09. The second-order valence-electron chi connectivity index (χ2n) is 8.14. The lowest BCUT2D eigenvalue weighted by atomic mass is 9.85. The van der Waals surface area contributed by atoms with Crippen LogP contribution in [0.5, 0.6) is 0 Å². The van der Waals surface area contributed by atoms with Crippen molar-refractivity contribution in [2.45, 2.75) is 52.1 Å². The molecule has 0 bridgehead atoms. The van der Waals surface area contributed by atoms with Crippen molar-refractivity contribution in [3.05, 3.63) is 71.3 Å². The SMILES string of the molecule is CCCN(Cc1ccc(C)cc1)C(=O)CN1C(=O)N[C@@](CCC)(c2ccccc2)C1=O. The summed E-state index contributed by atoms with van der Waals surface area (Å²) in [6, 6.07) is 16.8. The molecule has 2 aromatic carbocycles. The summed E-state index contributed by atoms with van der Waals surface area (Å²) in [5.74, 6) is -0.586. The normalized spacial score (nSPS) is 18.2. The van der Waals surface area contributed by atoms with Gasteiger partial charge in [0, 0.05) is 13.1 Å². The van der Waals surface area contributed by atoms with Crippen molar-refractivity contribution >= 4 is 17.8 Å². The fraction of sp³-hybridized carbons (Fsp3) is 0.400. The summed E-state index contributed by atoms with van der Waals surface area (Å²) in [4.78, 5) is 42.1. The quantitative estimate of drug-likeness (QED) is 0.623. The summed E-state index contributed by atoms with van der Waals surface area (Å²) >= 11 is 0. The molecule has 0 aliphatic carbocycles. The molecule has 0 unspecified atom stereocenters. The van der Waals surface area contributed by atoms with Gasteiger partial charge in [0.1, 0.15) is 12.1 Å². The van der Waals surface area contributed by atoms with Crippen LogP contribution in [0.1, 0.15) is 49.8 Å². The molecule has 31 heavy (non-hydrogen) atoms. The van der Waals surface area contributed by atoms with Crippen molar-refractivity contribution in [3.8, 4) is 0 Å². The predicted molar refractivity (Wildman–Crippen MR) is 120 cm³/mol. The molecule has 1 aliphatic heterocycles. The molecule has 1 saturated heterocycles. The van der Waals surface area contributed by atoms with Crippen molar-refractivity contribution in [2.24, 2.45) is 0 Å². The molecular weight excluding hydrogens is 390 g/mol. The van der Waals surface area contributed by atoms with Crippen LogP contribution in [0.15, 0.2) is 54.6 Å². The number of hydrogen-bond donors (Lipinski definition) is 1. The van der Waals surface area contributed by atoms with Crippen molar-refractivity contribution in [2.75, 3.05) is 13.1 Å². The molecule has 4 amide bonds. The zero-order chi connectivity index (χ0) is 22.4. The summed E-state index contributed by atoms with van der Waals surface area (Å²) in [5, 5.41) is 2.88. The number of urea groups is 1. The first-order chi connectivity index (χ1) is 14.9. The summed E-state index contributed by atoms with van der Waals surface area (Å²) in [5.41, 5.74) is 1.81. The van der Waals surface area contributed by atoms with Crippen molar-refractivity contribution in [1.82, 2.24) is 15.1 Å². The van der Waals surface area contributed by atoms with E-state index in [-0.39, 0.29) is 18.4 Å². The molecule has 1 N–H and O–H groups in total. The molecule has 0 saturated carbocycles. The Kier molecular flexibility index (Phi) is 7.10. The first kappa shape index (κ1) is 22.5. The number of aryl methyl sites for hydroxylation is 1. The lowest BCUT2D eigenvalue weighted by Crippen LogP contribution is -2.45. The fourth-order valence-corrected chi connectivity index (χ4v) is 4.09. The minimum Gasteiger partial charge on any atom is -0.337 e. The highest BCUT2D eigenvalue weighted by atomic mass is 16.2. The van der Waals surface area contributed by atoms with Gasteiger partial charge in [-0.15, -0.1) is 0 Å². The van der Waals surface area contributed by atoms with E-state index in [0.29, 0.717) is 19.5 Å². The van der Waals surface area contributed by atoms with Gasteiger partial charge in [-0.3, -0.25) is 14.5 Å². The number of nitrogens with one attached hydrogen (secondary N) is 1. The Morgan fingerprint density at radius 1 is 1.00 bits per heavy atom. The van der Waals surface area contributed by atoms with E-state index >= 15 is 0 Å². The maximum atomic E-state index is 13.4. The van der Waals surface area contributed by atoms with E-state index < -0.39 is 11.6 Å². The molecule has 0 aromatic heterocycles. The van der Waals surface area contributed by atoms with Gasteiger partial charge in [-0.2, -0.15) is 0 Å². The molecule has 1 fully saturated rings. The zero-order valence-corrected chi connectivity index (χ0v) is 18.6. The lowest BCUT2D eigenvalue weighted by Gasteiger charge is -2.27. The van der Waals surface area contributed by atoms with Gasteiger partial charge in [0.25, 0.3) is 5.91 Å². The Hall–Kier alpha value is -3.15. The molecule has 164 valence electrons. The Labute approximate surface area is 184 Å². The number of hydrogen-bond acceptors (Lipinski definition) is 3. The van der Waals surface area contributed by atoms with Gasteiger partial charge in [-0.25, -0.2) is 4.79 Å². The largest absolute Gasteiger partial charge is 0.337 e. The van der Waals surface area contributed by atoms with Crippen LogP contribution < -0.4 is 5.32 Å². The first-order valence-electron chi connectivity index (χ1n) is 10.9. The monoisotopic (exact) mass is 421 g/mol. The van der Waals surface area contributed by atoms with E-state index in [1.54, 1.807) is 4.90 Å². The van der Waals surface area contributed by atoms with Gasteiger partial charge < -0.3 is 10.2 Å². The number of amides is 4. The number of rotatable bonds is 9. The van der Waals surface area contributed by atoms with Gasteiger partial charge in [0.15, 0.2) is 0 Å². The molecule has 3 rings (SSSR count). The van der Waals surface area contributed by atoms with E-state index in [2.05, 4.69) is 5.32 Å². The van der Waals surface area contributed by atoms with Crippen LogP contribution in [0.25, 0.3) is 0 Å².